The number of hydrogen-bond donors (Lipinski definition) is 0. The fraction of sp³-hybridized carbons (Fsp3) is 0.441. The monoisotopic (exact) mass is 611 g/mol. The van der Waals surface area contributed by atoms with Crippen molar-refractivity contribution in [3.63, 3.8) is 0 Å². The van der Waals surface area contributed by atoms with Gasteiger partial charge in [-0.15, -0.1) is 0 Å². The summed E-state index contributed by atoms with van der Waals surface area (Å²) in [6, 6.07) is 20.3. The SMILES string of the molecule is CC1=NC(CCc2ccc(-c3ccc(Oc4ccc(C)cc4)cc3F)cc2)(COP(=O)(OC(C)(C)C)OC(C)(C)C)CO1. The van der Waals surface area contributed by atoms with Gasteiger partial charge in [-0.05, 0) is 96.7 Å². The second-order valence-electron chi connectivity index (χ2n) is 13.0. The molecule has 0 saturated carbocycles. The minimum absolute atomic E-state index is 0.00802. The maximum absolute atomic E-state index is 15.1. The van der Waals surface area contributed by atoms with E-state index < -0.39 is 24.6 Å². The first-order valence-corrected chi connectivity index (χ1v) is 16.0. The first-order valence-electron chi connectivity index (χ1n) is 14.5. The Morgan fingerprint density at radius 1 is 0.884 bits per heavy atom. The first-order chi connectivity index (χ1) is 20.0. The molecule has 1 unspecified atom stereocenters. The molecule has 0 aliphatic carbocycles. The van der Waals surface area contributed by atoms with Crippen molar-refractivity contribution in [2.45, 2.75) is 85.0 Å². The molecule has 4 rings (SSSR count). The van der Waals surface area contributed by atoms with Gasteiger partial charge in [-0.3, -0.25) is 13.6 Å². The second kappa shape index (κ2) is 12.9. The summed E-state index contributed by atoms with van der Waals surface area (Å²) in [5.41, 5.74) is 1.19. The minimum Gasteiger partial charge on any atom is -0.479 e. The topological polar surface area (TPSA) is 75.6 Å². The molecule has 0 fully saturated rings. The highest BCUT2D eigenvalue weighted by molar-refractivity contribution is 7.48. The summed E-state index contributed by atoms with van der Waals surface area (Å²) in [4.78, 5) is 4.73. The summed E-state index contributed by atoms with van der Waals surface area (Å²) < 4.78 is 57.7. The van der Waals surface area contributed by atoms with Gasteiger partial charge in [0.05, 0.1) is 17.8 Å². The molecule has 3 aromatic carbocycles. The third kappa shape index (κ3) is 9.73. The maximum atomic E-state index is 15.1. The molecule has 1 aliphatic rings. The molecule has 3 aromatic rings. The van der Waals surface area contributed by atoms with Crippen LogP contribution in [0.2, 0.25) is 0 Å². The Kier molecular flexibility index (Phi) is 9.87. The van der Waals surface area contributed by atoms with E-state index in [4.69, 9.17) is 28.0 Å². The van der Waals surface area contributed by atoms with Crippen molar-refractivity contribution in [2.75, 3.05) is 13.2 Å². The summed E-state index contributed by atoms with van der Waals surface area (Å²) in [7, 11) is -3.91. The Morgan fingerprint density at radius 2 is 1.49 bits per heavy atom. The molecule has 1 aliphatic heterocycles. The number of nitrogens with zero attached hydrogens (tertiary/aromatic N) is 1. The fourth-order valence-electron chi connectivity index (χ4n) is 4.62. The molecule has 1 atom stereocenters. The van der Waals surface area contributed by atoms with Crippen LogP contribution >= 0.6 is 7.82 Å². The molecule has 9 heteroatoms. The Hall–Kier alpha value is -3.03. The van der Waals surface area contributed by atoms with Gasteiger partial charge in [0.2, 0.25) is 0 Å². The normalized spacial score (nSPS) is 17.5. The van der Waals surface area contributed by atoms with Crippen LogP contribution in [0.4, 0.5) is 4.39 Å². The lowest BCUT2D eigenvalue weighted by atomic mass is 9.93. The average molecular weight is 612 g/mol. The molecule has 0 N–H and O–H groups in total. The first kappa shape index (κ1) is 32.9. The zero-order valence-electron chi connectivity index (χ0n) is 26.4. The highest BCUT2D eigenvalue weighted by Crippen LogP contribution is 2.56. The van der Waals surface area contributed by atoms with Crippen molar-refractivity contribution in [1.29, 1.82) is 0 Å². The minimum atomic E-state index is -3.91. The van der Waals surface area contributed by atoms with Crippen LogP contribution < -0.4 is 4.74 Å². The van der Waals surface area contributed by atoms with E-state index in [1.807, 2.05) is 55.5 Å². The zero-order chi connectivity index (χ0) is 31.5. The number of ether oxygens (including phenoxy) is 2. The molecule has 0 bridgehead atoms. The van der Waals surface area contributed by atoms with Crippen molar-refractivity contribution in [3.05, 3.63) is 83.7 Å². The molecule has 1 heterocycles. The van der Waals surface area contributed by atoms with Crippen molar-refractivity contribution in [3.8, 4) is 22.6 Å². The van der Waals surface area contributed by atoms with E-state index in [0.717, 1.165) is 16.7 Å². The standard InChI is InChI=1S/C34H43FNO6P/c1-24-9-15-28(16-10-24)40-29-17-18-30(31(35)21-29)27-13-11-26(12-14-27)19-20-34(22-38-25(2)36-34)23-39-43(37,41-32(3,4)5)42-33(6,7)8/h9-18,21H,19-20,22-23H2,1-8H3. The Bertz CT molecular complexity index is 1450. The van der Waals surface area contributed by atoms with Gasteiger partial charge in [0.25, 0.3) is 0 Å². The van der Waals surface area contributed by atoms with Gasteiger partial charge in [-0.25, -0.2) is 13.9 Å². The van der Waals surface area contributed by atoms with Crippen LogP contribution in [0, 0.1) is 12.7 Å². The zero-order valence-corrected chi connectivity index (χ0v) is 27.3. The van der Waals surface area contributed by atoms with Crippen LogP contribution in [0.25, 0.3) is 11.1 Å². The number of hydrogen-bond acceptors (Lipinski definition) is 7. The lowest BCUT2D eigenvalue weighted by Gasteiger charge is -2.33. The summed E-state index contributed by atoms with van der Waals surface area (Å²) in [6.07, 6.45) is 1.23. The smallest absolute Gasteiger partial charge is 0.475 e. The Morgan fingerprint density at radius 3 is 2.02 bits per heavy atom. The molecule has 0 radical (unpaired) electrons. The molecule has 0 amide bonds. The number of phosphoric acid groups is 1. The highest BCUT2D eigenvalue weighted by Gasteiger charge is 2.43. The fourth-order valence-corrected chi connectivity index (χ4v) is 6.50. The number of benzene rings is 3. The van der Waals surface area contributed by atoms with Crippen molar-refractivity contribution in [2.24, 2.45) is 4.99 Å². The molecule has 43 heavy (non-hydrogen) atoms. The van der Waals surface area contributed by atoms with Gasteiger partial charge in [0, 0.05) is 18.6 Å². The van der Waals surface area contributed by atoms with Crippen LogP contribution in [0.3, 0.4) is 0 Å². The number of aryl methyl sites for hydroxylation is 2. The van der Waals surface area contributed by atoms with Crippen molar-refractivity contribution in [1.82, 2.24) is 0 Å². The van der Waals surface area contributed by atoms with Crippen LogP contribution in [-0.2, 0) is 29.3 Å². The van der Waals surface area contributed by atoms with Crippen molar-refractivity contribution < 1.29 is 32.0 Å². The second-order valence-corrected chi connectivity index (χ2v) is 14.5. The van der Waals surface area contributed by atoms with Gasteiger partial charge in [-0.1, -0.05) is 42.0 Å². The number of halogens is 1. The van der Waals surface area contributed by atoms with Crippen LogP contribution in [0.5, 0.6) is 11.5 Å². The van der Waals surface area contributed by atoms with E-state index in [9.17, 15) is 4.57 Å². The van der Waals surface area contributed by atoms with E-state index in [1.54, 1.807) is 60.6 Å². The van der Waals surface area contributed by atoms with Crippen molar-refractivity contribution >= 4 is 13.7 Å². The van der Waals surface area contributed by atoms with E-state index in [1.165, 1.54) is 6.07 Å². The third-order valence-electron chi connectivity index (χ3n) is 6.55. The molecular weight excluding hydrogens is 568 g/mol. The van der Waals surface area contributed by atoms with E-state index in [0.29, 0.717) is 42.4 Å². The highest BCUT2D eigenvalue weighted by atomic mass is 31.2. The molecule has 7 nitrogen and oxygen atoms in total. The van der Waals surface area contributed by atoms with Gasteiger partial charge in [0.15, 0.2) is 5.90 Å². The largest absolute Gasteiger partial charge is 0.479 e. The average Bonchev–Trinajstić information content (AvgIpc) is 3.27. The third-order valence-corrected chi connectivity index (χ3v) is 8.54. The predicted molar refractivity (Wildman–Crippen MR) is 168 cm³/mol. The number of phosphoric ester groups is 1. The summed E-state index contributed by atoms with van der Waals surface area (Å²) in [6.45, 7) is 14.9. The van der Waals surface area contributed by atoms with Gasteiger partial charge in [-0.2, -0.15) is 0 Å². The predicted octanol–water partition coefficient (Wildman–Crippen LogP) is 9.47. The van der Waals surface area contributed by atoms with E-state index >= 15 is 4.39 Å². The lowest BCUT2D eigenvalue weighted by Crippen LogP contribution is -2.36. The Balaban J connectivity index is 1.43. The molecule has 232 valence electrons. The van der Waals surface area contributed by atoms with Gasteiger partial charge in [0.1, 0.15) is 29.5 Å². The molecular formula is C34H43FNO6P. The Labute approximate surface area is 255 Å². The van der Waals surface area contributed by atoms with E-state index in [2.05, 4.69) is 0 Å². The van der Waals surface area contributed by atoms with Gasteiger partial charge < -0.3 is 9.47 Å². The summed E-state index contributed by atoms with van der Waals surface area (Å²) in [5.74, 6) is 1.28. The van der Waals surface area contributed by atoms with Crippen LogP contribution in [-0.4, -0.2) is 35.9 Å². The molecule has 0 spiro atoms. The molecule has 0 aromatic heterocycles. The molecule has 0 saturated heterocycles. The summed E-state index contributed by atoms with van der Waals surface area (Å²) >= 11 is 0. The van der Waals surface area contributed by atoms with Crippen LogP contribution in [0.15, 0.2) is 71.7 Å². The summed E-state index contributed by atoms with van der Waals surface area (Å²) in [5, 5.41) is 0. The quantitative estimate of drug-likeness (QED) is 0.201. The maximum Gasteiger partial charge on any atom is 0.475 e. The number of aliphatic imine (C=N–C) groups is 1. The van der Waals surface area contributed by atoms with Crippen LogP contribution in [0.1, 0.15) is 66.0 Å². The lowest BCUT2D eigenvalue weighted by molar-refractivity contribution is -0.00466. The van der Waals surface area contributed by atoms with Gasteiger partial charge >= 0.3 is 7.82 Å². The van der Waals surface area contributed by atoms with E-state index in [-0.39, 0.29) is 12.4 Å². The number of rotatable bonds is 11.